The number of sulfone groups is 1. The van der Waals surface area contributed by atoms with E-state index in [1.54, 1.807) is 52.2 Å². The second-order valence-electron chi connectivity index (χ2n) is 8.48. The van der Waals surface area contributed by atoms with Crippen LogP contribution in [-0.2, 0) is 14.6 Å². The van der Waals surface area contributed by atoms with E-state index in [0.717, 1.165) is 6.26 Å². The molecule has 1 N–H and O–H groups in total. The Hall–Kier alpha value is -3.12. The first-order chi connectivity index (χ1) is 17.6. The number of amides is 2. The van der Waals surface area contributed by atoms with Gasteiger partial charge in [-0.05, 0) is 24.3 Å². The van der Waals surface area contributed by atoms with Crippen LogP contribution in [0, 0.1) is 0 Å². The van der Waals surface area contributed by atoms with Crippen LogP contribution in [0.1, 0.15) is 10.5 Å². The summed E-state index contributed by atoms with van der Waals surface area (Å²) in [5, 5.41) is 7.21. The number of aromatic nitrogens is 2. The van der Waals surface area contributed by atoms with Gasteiger partial charge < -0.3 is 9.64 Å². The largest absolute Gasteiger partial charge is 0.492 e. The lowest BCUT2D eigenvalue weighted by Gasteiger charge is -2.34. The predicted octanol–water partition coefficient (Wildman–Crippen LogP) is 2.69. The highest BCUT2D eigenvalue weighted by atomic mass is 35.5. The Labute approximate surface area is 224 Å². The molecule has 13 heteroatoms. The van der Waals surface area contributed by atoms with Crippen molar-refractivity contribution in [2.75, 3.05) is 45.3 Å². The second kappa shape index (κ2) is 11.1. The van der Waals surface area contributed by atoms with Crippen LogP contribution in [0.5, 0.6) is 5.75 Å². The minimum absolute atomic E-state index is 0.0444. The summed E-state index contributed by atoms with van der Waals surface area (Å²) in [6.07, 6.45) is 1.02. The van der Waals surface area contributed by atoms with Crippen LogP contribution < -0.4 is 10.2 Å². The SMILES string of the molecule is COc1c(C(=O)NN2CCN(C(=O)CS(C)(=O)=O)CC2)nn(-c2ccccc2Cl)c1-c1ccc(Cl)cc1. The summed E-state index contributed by atoms with van der Waals surface area (Å²) in [5.74, 6) is -1.25. The number of hydrogen-bond donors (Lipinski definition) is 1. The topological polar surface area (TPSA) is 114 Å². The molecule has 2 amide bonds. The molecule has 2 heterocycles. The number of halogens is 2. The summed E-state index contributed by atoms with van der Waals surface area (Å²) in [5.41, 5.74) is 4.65. The first-order valence-electron chi connectivity index (χ1n) is 11.3. The number of ether oxygens (including phenoxy) is 1. The number of carbonyl (C=O) groups excluding carboxylic acids is 2. The maximum absolute atomic E-state index is 13.3. The van der Waals surface area contributed by atoms with Gasteiger partial charge in [-0.1, -0.05) is 47.5 Å². The molecule has 1 aliphatic rings. The normalized spacial score (nSPS) is 14.4. The zero-order valence-electron chi connectivity index (χ0n) is 20.1. The van der Waals surface area contributed by atoms with Gasteiger partial charge in [-0.3, -0.25) is 15.0 Å². The number of nitrogens with zero attached hydrogens (tertiary/aromatic N) is 4. The molecule has 2 aromatic carbocycles. The van der Waals surface area contributed by atoms with Gasteiger partial charge in [-0.25, -0.2) is 18.1 Å². The van der Waals surface area contributed by atoms with E-state index in [2.05, 4.69) is 10.5 Å². The van der Waals surface area contributed by atoms with E-state index in [0.29, 0.717) is 40.1 Å². The number of para-hydroxylation sites is 1. The zero-order valence-corrected chi connectivity index (χ0v) is 22.5. The van der Waals surface area contributed by atoms with Crippen molar-refractivity contribution in [3.05, 3.63) is 64.3 Å². The highest BCUT2D eigenvalue weighted by Gasteiger charge is 2.29. The number of carbonyl (C=O) groups is 2. The van der Waals surface area contributed by atoms with Crippen molar-refractivity contribution < 1.29 is 22.7 Å². The Morgan fingerprint density at radius 2 is 1.68 bits per heavy atom. The Morgan fingerprint density at radius 3 is 2.27 bits per heavy atom. The third-order valence-electron chi connectivity index (χ3n) is 5.74. The molecule has 0 unspecified atom stereocenters. The zero-order chi connectivity index (χ0) is 26.7. The molecule has 0 spiro atoms. The molecule has 1 aliphatic heterocycles. The van der Waals surface area contributed by atoms with E-state index in [9.17, 15) is 18.0 Å². The van der Waals surface area contributed by atoms with Gasteiger partial charge in [0.2, 0.25) is 5.91 Å². The number of nitrogens with one attached hydrogen (secondary N) is 1. The summed E-state index contributed by atoms with van der Waals surface area (Å²) < 4.78 is 30.1. The first-order valence-corrected chi connectivity index (χ1v) is 14.1. The van der Waals surface area contributed by atoms with Gasteiger partial charge in [-0.2, -0.15) is 5.10 Å². The maximum Gasteiger partial charge on any atom is 0.289 e. The van der Waals surface area contributed by atoms with Gasteiger partial charge in [0.15, 0.2) is 21.3 Å². The minimum Gasteiger partial charge on any atom is -0.492 e. The molecular formula is C24H25Cl2N5O5S. The van der Waals surface area contributed by atoms with Crippen LogP contribution >= 0.6 is 23.2 Å². The van der Waals surface area contributed by atoms with Crippen molar-refractivity contribution in [2.24, 2.45) is 0 Å². The number of hydrogen-bond acceptors (Lipinski definition) is 7. The van der Waals surface area contributed by atoms with Crippen LogP contribution in [0.2, 0.25) is 10.0 Å². The van der Waals surface area contributed by atoms with Crippen LogP contribution in [0.3, 0.4) is 0 Å². The second-order valence-corrected chi connectivity index (χ2v) is 11.5. The standard InChI is InChI=1S/C24H25Cl2N5O5S/c1-36-23-21(24(33)28-30-13-11-29(12-14-30)20(32)15-37(2,34)35)27-31(19-6-4-3-5-18(19)26)22(23)16-7-9-17(25)10-8-16/h3-10H,11-15H2,1-2H3,(H,28,33). The fourth-order valence-corrected chi connectivity index (χ4v) is 4.96. The monoisotopic (exact) mass is 565 g/mol. The van der Waals surface area contributed by atoms with Gasteiger partial charge in [-0.15, -0.1) is 0 Å². The Morgan fingerprint density at radius 1 is 1.03 bits per heavy atom. The Balaban J connectivity index is 1.61. The molecule has 0 saturated carbocycles. The van der Waals surface area contributed by atoms with Crippen molar-refractivity contribution in [1.82, 2.24) is 25.1 Å². The number of benzene rings is 2. The van der Waals surface area contributed by atoms with Crippen molar-refractivity contribution >= 4 is 44.9 Å². The number of hydrazine groups is 1. The fraction of sp³-hybridized carbons (Fsp3) is 0.292. The number of piperazine rings is 1. The van der Waals surface area contributed by atoms with Gasteiger partial charge >= 0.3 is 0 Å². The van der Waals surface area contributed by atoms with Crippen molar-refractivity contribution in [2.45, 2.75) is 0 Å². The molecule has 0 aliphatic carbocycles. The number of methoxy groups -OCH3 is 1. The van der Waals surface area contributed by atoms with Crippen molar-refractivity contribution in [3.63, 3.8) is 0 Å². The van der Waals surface area contributed by atoms with E-state index in [-0.39, 0.29) is 24.5 Å². The molecule has 0 radical (unpaired) electrons. The van der Waals surface area contributed by atoms with E-state index >= 15 is 0 Å². The molecule has 196 valence electrons. The predicted molar refractivity (Wildman–Crippen MR) is 141 cm³/mol. The smallest absolute Gasteiger partial charge is 0.289 e. The minimum atomic E-state index is -3.42. The quantitative estimate of drug-likeness (QED) is 0.468. The fourth-order valence-electron chi connectivity index (χ4n) is 3.98. The van der Waals surface area contributed by atoms with Crippen LogP contribution in [0.15, 0.2) is 48.5 Å². The third-order valence-corrected chi connectivity index (χ3v) is 7.08. The molecule has 1 saturated heterocycles. The van der Waals surface area contributed by atoms with Gasteiger partial charge in [0.25, 0.3) is 5.91 Å². The molecule has 3 aromatic rings. The molecule has 10 nitrogen and oxygen atoms in total. The molecule has 37 heavy (non-hydrogen) atoms. The molecular weight excluding hydrogens is 541 g/mol. The van der Waals surface area contributed by atoms with Crippen LogP contribution in [0.4, 0.5) is 0 Å². The molecule has 1 fully saturated rings. The molecule has 4 rings (SSSR count). The summed E-state index contributed by atoms with van der Waals surface area (Å²) >= 11 is 12.5. The summed E-state index contributed by atoms with van der Waals surface area (Å²) in [7, 11) is -1.96. The number of rotatable bonds is 7. The lowest BCUT2D eigenvalue weighted by molar-refractivity contribution is -0.130. The van der Waals surface area contributed by atoms with Crippen LogP contribution in [-0.4, -0.2) is 85.2 Å². The first kappa shape index (κ1) is 26.9. The summed E-state index contributed by atoms with van der Waals surface area (Å²) in [4.78, 5) is 27.0. The molecule has 0 bridgehead atoms. The Kier molecular flexibility index (Phi) is 8.08. The van der Waals surface area contributed by atoms with E-state index in [1.807, 2.05) is 6.07 Å². The maximum atomic E-state index is 13.3. The average Bonchev–Trinajstić information content (AvgIpc) is 3.24. The lowest BCUT2D eigenvalue weighted by atomic mass is 10.1. The summed E-state index contributed by atoms with van der Waals surface area (Å²) in [6, 6.07) is 14.2. The van der Waals surface area contributed by atoms with Gasteiger partial charge in [0, 0.05) is 43.0 Å². The highest BCUT2D eigenvalue weighted by Crippen LogP contribution is 2.37. The van der Waals surface area contributed by atoms with E-state index in [1.165, 1.54) is 12.0 Å². The van der Waals surface area contributed by atoms with Crippen molar-refractivity contribution in [1.29, 1.82) is 0 Å². The van der Waals surface area contributed by atoms with E-state index < -0.39 is 27.4 Å². The van der Waals surface area contributed by atoms with E-state index in [4.69, 9.17) is 27.9 Å². The third kappa shape index (κ3) is 6.24. The summed E-state index contributed by atoms with van der Waals surface area (Å²) in [6.45, 7) is 1.18. The van der Waals surface area contributed by atoms with Crippen molar-refractivity contribution in [3.8, 4) is 22.7 Å². The van der Waals surface area contributed by atoms with Crippen LogP contribution in [0.25, 0.3) is 16.9 Å². The molecule has 0 atom stereocenters. The molecule has 1 aromatic heterocycles. The highest BCUT2D eigenvalue weighted by molar-refractivity contribution is 7.91. The van der Waals surface area contributed by atoms with Gasteiger partial charge in [0.1, 0.15) is 11.4 Å². The average molecular weight is 566 g/mol. The Bertz CT molecular complexity index is 1420. The van der Waals surface area contributed by atoms with Gasteiger partial charge in [0.05, 0.1) is 17.8 Å². The lowest BCUT2D eigenvalue weighted by Crippen LogP contribution is -2.55.